The molecule has 0 saturated heterocycles. The summed E-state index contributed by atoms with van der Waals surface area (Å²) in [5.41, 5.74) is 9.20. The van der Waals surface area contributed by atoms with Crippen LogP contribution in [0.4, 0.5) is 8.78 Å². The summed E-state index contributed by atoms with van der Waals surface area (Å²) in [7, 11) is 5.77. The summed E-state index contributed by atoms with van der Waals surface area (Å²) in [5.74, 6) is -1.86. The quantitative estimate of drug-likeness (QED) is 0.268. The van der Waals surface area contributed by atoms with E-state index in [0.29, 0.717) is 25.0 Å². The molecule has 0 spiro atoms. The van der Waals surface area contributed by atoms with Gasteiger partial charge in [0.15, 0.2) is 11.6 Å². The van der Waals surface area contributed by atoms with Crippen molar-refractivity contribution in [1.82, 2.24) is 21.1 Å². The molecule has 1 aromatic carbocycles. The summed E-state index contributed by atoms with van der Waals surface area (Å²) in [4.78, 5) is 0. The number of nitrogens with one attached hydrogen (secondary N) is 3. The minimum absolute atomic E-state index is 0.0220. The van der Waals surface area contributed by atoms with E-state index in [1.165, 1.54) is 22.9 Å². The van der Waals surface area contributed by atoms with Crippen molar-refractivity contribution in [3.8, 4) is 5.75 Å². The van der Waals surface area contributed by atoms with Gasteiger partial charge in [0.05, 0.1) is 6.61 Å². The molecule has 0 fully saturated rings. The van der Waals surface area contributed by atoms with Gasteiger partial charge >= 0.3 is 0 Å². The standard InChI is InChI=1S/C27H40F2N4O/c1-7-21(20(3)33(6)31-5)9-8-18-34-27-23(13-14-24(28)26(27)29)22-11-10-19(2)25(15-12-22)32-17-16-30-4/h11-15,30-32H,7-10,16-18H2,1-6H3/b21-20+. The van der Waals surface area contributed by atoms with Gasteiger partial charge in [0.1, 0.15) is 0 Å². The largest absolute Gasteiger partial charge is 0.490 e. The molecular weight excluding hydrogens is 434 g/mol. The lowest BCUT2D eigenvalue weighted by atomic mass is 10.0. The maximum absolute atomic E-state index is 14.8. The molecule has 5 nitrogen and oxygen atoms in total. The van der Waals surface area contributed by atoms with Crippen molar-refractivity contribution in [2.75, 3.05) is 40.8 Å². The maximum Gasteiger partial charge on any atom is 0.201 e. The van der Waals surface area contributed by atoms with Gasteiger partial charge in [0.25, 0.3) is 0 Å². The van der Waals surface area contributed by atoms with Crippen molar-refractivity contribution in [1.29, 1.82) is 0 Å². The molecule has 1 aliphatic rings. The van der Waals surface area contributed by atoms with Gasteiger partial charge in [0.2, 0.25) is 5.82 Å². The Morgan fingerprint density at radius 2 is 1.91 bits per heavy atom. The van der Waals surface area contributed by atoms with E-state index < -0.39 is 11.6 Å². The van der Waals surface area contributed by atoms with Gasteiger partial charge in [0, 0.05) is 44.1 Å². The average molecular weight is 475 g/mol. The highest BCUT2D eigenvalue weighted by Gasteiger charge is 2.18. The van der Waals surface area contributed by atoms with Gasteiger partial charge in [-0.3, -0.25) is 0 Å². The van der Waals surface area contributed by atoms with Gasteiger partial charge in [-0.2, -0.15) is 4.39 Å². The zero-order valence-corrected chi connectivity index (χ0v) is 21.4. The minimum atomic E-state index is -0.939. The molecule has 0 atom stereocenters. The molecule has 0 bridgehead atoms. The van der Waals surface area contributed by atoms with Crippen LogP contribution in [-0.4, -0.2) is 45.8 Å². The molecule has 34 heavy (non-hydrogen) atoms. The Labute approximate surface area is 203 Å². The molecule has 0 heterocycles. The molecule has 0 saturated carbocycles. The predicted molar refractivity (Wildman–Crippen MR) is 137 cm³/mol. The maximum atomic E-state index is 14.8. The highest BCUT2D eigenvalue weighted by molar-refractivity contribution is 5.79. The molecule has 3 N–H and O–H groups in total. The topological polar surface area (TPSA) is 48.6 Å². The summed E-state index contributed by atoms with van der Waals surface area (Å²) in [6, 6.07) is 2.76. The second-order valence-electron chi connectivity index (χ2n) is 8.44. The highest BCUT2D eigenvalue weighted by Crippen LogP contribution is 2.34. The SMILES string of the molecule is CC/C(CCCOc1c(C2=CCC(C)=C(NCCNC)C=C2)ccc(F)c1F)=C(/C)N(C)NC. The number of likely N-dealkylation sites (N-methyl/N-ethyl adjacent to an activating group) is 1. The zero-order chi connectivity index (χ0) is 25.1. The van der Waals surface area contributed by atoms with Crippen LogP contribution in [0.15, 0.2) is 52.9 Å². The monoisotopic (exact) mass is 474 g/mol. The van der Waals surface area contributed by atoms with E-state index >= 15 is 0 Å². The molecule has 0 aromatic heterocycles. The molecule has 7 heteroatoms. The van der Waals surface area contributed by atoms with Gasteiger partial charge < -0.3 is 20.4 Å². The summed E-state index contributed by atoms with van der Waals surface area (Å²) >= 11 is 0. The second kappa shape index (κ2) is 13.9. The lowest BCUT2D eigenvalue weighted by Crippen LogP contribution is -2.29. The van der Waals surface area contributed by atoms with Crippen LogP contribution < -0.4 is 20.8 Å². The Morgan fingerprint density at radius 1 is 1.15 bits per heavy atom. The summed E-state index contributed by atoms with van der Waals surface area (Å²) in [6.45, 7) is 8.23. The second-order valence-corrected chi connectivity index (χ2v) is 8.44. The van der Waals surface area contributed by atoms with Gasteiger partial charge in [-0.05, 0) is 75.9 Å². The van der Waals surface area contributed by atoms with Crippen molar-refractivity contribution in [3.63, 3.8) is 0 Å². The number of halogens is 2. The summed E-state index contributed by atoms with van der Waals surface area (Å²) in [5, 5.41) is 8.51. The van der Waals surface area contributed by atoms with Crippen LogP contribution >= 0.6 is 0 Å². The van der Waals surface area contributed by atoms with Crippen LogP contribution in [-0.2, 0) is 0 Å². The van der Waals surface area contributed by atoms with Crippen LogP contribution in [0.25, 0.3) is 5.57 Å². The van der Waals surface area contributed by atoms with E-state index in [4.69, 9.17) is 4.74 Å². The fourth-order valence-corrected chi connectivity index (χ4v) is 3.87. The third kappa shape index (κ3) is 7.43. The van der Waals surface area contributed by atoms with E-state index in [9.17, 15) is 8.78 Å². The van der Waals surface area contributed by atoms with E-state index in [-0.39, 0.29) is 5.75 Å². The molecule has 0 aliphatic heterocycles. The third-order valence-electron chi connectivity index (χ3n) is 6.22. The molecular formula is C27H40F2N4O. The molecule has 1 aliphatic carbocycles. The number of rotatable bonds is 13. The fraction of sp³-hybridized carbons (Fsp3) is 0.481. The molecule has 188 valence electrons. The first-order chi connectivity index (χ1) is 16.3. The lowest BCUT2D eigenvalue weighted by molar-refractivity contribution is 0.286. The molecule has 1 aromatic rings. The first-order valence-corrected chi connectivity index (χ1v) is 12.0. The molecule has 0 amide bonds. The number of benzene rings is 1. The first-order valence-electron chi connectivity index (χ1n) is 12.0. The third-order valence-corrected chi connectivity index (χ3v) is 6.22. The van der Waals surface area contributed by atoms with Crippen molar-refractivity contribution in [2.24, 2.45) is 0 Å². The number of ether oxygens (including phenoxy) is 1. The Hall–Kier alpha value is -2.64. The predicted octanol–water partition coefficient (Wildman–Crippen LogP) is 5.30. The number of allylic oxidation sites excluding steroid dienone is 7. The normalized spacial score (nSPS) is 14.5. The highest BCUT2D eigenvalue weighted by atomic mass is 19.2. The Balaban J connectivity index is 2.16. The van der Waals surface area contributed by atoms with Gasteiger partial charge in [-0.15, -0.1) is 0 Å². The van der Waals surface area contributed by atoms with E-state index in [2.05, 4.69) is 36.8 Å². The van der Waals surface area contributed by atoms with E-state index in [1.807, 2.05) is 44.4 Å². The van der Waals surface area contributed by atoms with Crippen molar-refractivity contribution in [2.45, 2.75) is 46.5 Å². The number of hydrogen-bond acceptors (Lipinski definition) is 5. The van der Waals surface area contributed by atoms with E-state index in [0.717, 1.165) is 37.2 Å². The molecule has 2 rings (SSSR count). The summed E-state index contributed by atoms with van der Waals surface area (Å²) < 4.78 is 34.8. The lowest BCUT2D eigenvalue weighted by Gasteiger charge is -2.22. The Bertz CT molecular complexity index is 950. The van der Waals surface area contributed by atoms with Gasteiger partial charge in [-0.1, -0.05) is 24.6 Å². The smallest absolute Gasteiger partial charge is 0.201 e. The minimum Gasteiger partial charge on any atom is -0.490 e. The van der Waals surface area contributed by atoms with Crippen LogP contribution in [0, 0.1) is 11.6 Å². The zero-order valence-electron chi connectivity index (χ0n) is 21.4. The number of hydrazine groups is 1. The van der Waals surface area contributed by atoms with E-state index in [1.54, 1.807) is 6.07 Å². The molecule has 0 radical (unpaired) electrons. The Morgan fingerprint density at radius 3 is 2.59 bits per heavy atom. The number of hydrogen-bond donors (Lipinski definition) is 3. The van der Waals surface area contributed by atoms with Crippen LogP contribution in [0.2, 0.25) is 0 Å². The first kappa shape index (κ1) is 27.6. The average Bonchev–Trinajstić information content (AvgIpc) is 3.02. The van der Waals surface area contributed by atoms with Crippen LogP contribution in [0.5, 0.6) is 5.75 Å². The summed E-state index contributed by atoms with van der Waals surface area (Å²) in [6.07, 6.45) is 9.14. The fourth-order valence-electron chi connectivity index (χ4n) is 3.87. The Kier molecular flexibility index (Phi) is 11.3. The van der Waals surface area contributed by atoms with Gasteiger partial charge in [-0.25, -0.2) is 9.82 Å². The van der Waals surface area contributed by atoms with Crippen LogP contribution in [0.1, 0.15) is 52.0 Å². The van der Waals surface area contributed by atoms with Crippen molar-refractivity contribution < 1.29 is 13.5 Å². The van der Waals surface area contributed by atoms with Crippen LogP contribution in [0.3, 0.4) is 0 Å². The number of nitrogens with zero attached hydrogens (tertiary/aromatic N) is 1. The van der Waals surface area contributed by atoms with Crippen molar-refractivity contribution >= 4 is 5.57 Å². The molecule has 0 unspecified atom stereocenters. The van der Waals surface area contributed by atoms with Crippen molar-refractivity contribution in [3.05, 3.63) is 70.1 Å².